The molecule has 5 heteroatoms. The molecule has 0 aromatic carbocycles. The number of carbonyl (C=O) groups is 2. The molecule has 4 rings (SSSR count). The van der Waals surface area contributed by atoms with Crippen LogP contribution in [0.1, 0.15) is 66.2 Å². The van der Waals surface area contributed by atoms with Crippen LogP contribution in [0.4, 0.5) is 0 Å². The Balaban J connectivity index is 0.00000102. The van der Waals surface area contributed by atoms with Crippen LogP contribution in [0.25, 0.3) is 0 Å². The van der Waals surface area contributed by atoms with Gasteiger partial charge in [-0.05, 0) is 43.9 Å². The van der Waals surface area contributed by atoms with Crippen LogP contribution in [0.3, 0.4) is 0 Å². The number of hydrogen-bond acceptors (Lipinski definition) is 3. The summed E-state index contributed by atoms with van der Waals surface area (Å²) in [6.45, 7) is 9.19. The first-order chi connectivity index (χ1) is 12.9. The van der Waals surface area contributed by atoms with Gasteiger partial charge in [0.1, 0.15) is 0 Å². The summed E-state index contributed by atoms with van der Waals surface area (Å²) in [5, 5.41) is 6.36. The summed E-state index contributed by atoms with van der Waals surface area (Å²) >= 11 is 0. The Labute approximate surface area is 163 Å². The van der Waals surface area contributed by atoms with Gasteiger partial charge in [0.2, 0.25) is 11.8 Å². The first kappa shape index (κ1) is 20.4. The smallest absolute Gasteiger partial charge is 0.243 e. The van der Waals surface area contributed by atoms with Crippen molar-refractivity contribution in [3.8, 4) is 0 Å². The second kappa shape index (κ2) is 7.57. The molecule has 5 nitrogen and oxygen atoms in total. The molecule has 4 unspecified atom stereocenters. The molecule has 0 radical (unpaired) electrons. The minimum atomic E-state index is -0.131. The number of rotatable bonds is 1. The largest absolute Gasteiger partial charge is 0.381 e. The van der Waals surface area contributed by atoms with Crippen molar-refractivity contribution in [3.63, 3.8) is 0 Å². The van der Waals surface area contributed by atoms with Crippen LogP contribution in [0, 0.1) is 22.7 Å². The van der Waals surface area contributed by atoms with Crippen molar-refractivity contribution >= 4 is 11.8 Å². The molecule has 0 aromatic heterocycles. The first-order valence-electron chi connectivity index (χ1n) is 10.7. The molecule has 0 spiro atoms. The maximum atomic E-state index is 12.8. The molecule has 2 aliphatic heterocycles. The molecule has 4 aliphatic rings. The standard InChI is InChI=1S/C20H30N2O3.C2H6/c1-19-8-9-21-16(23)10-12(19)4-5-13-14-6-7-15(25-3)20(14,2)11-17(24)22-18(13)19;1-2/h10,13-15,18H,4-9,11H2,1-3H3,(H,21,23)(H,22,24);1-2H3/t13?,14-,15?,18-,19?,20?;/m0./s1. The molecule has 2 heterocycles. The van der Waals surface area contributed by atoms with Crippen molar-refractivity contribution in [2.75, 3.05) is 13.7 Å². The Morgan fingerprint density at radius 2 is 1.89 bits per heavy atom. The lowest BCUT2D eigenvalue weighted by molar-refractivity contribution is -0.125. The van der Waals surface area contributed by atoms with Gasteiger partial charge < -0.3 is 15.4 Å². The molecular formula is C22H36N2O3. The molecule has 2 aliphatic carbocycles. The second-order valence-corrected chi connectivity index (χ2v) is 8.97. The number of nitrogens with one attached hydrogen (secondary N) is 2. The monoisotopic (exact) mass is 376 g/mol. The maximum Gasteiger partial charge on any atom is 0.243 e. The lowest BCUT2D eigenvalue weighted by atomic mass is 9.57. The Bertz CT molecular complexity index is 631. The highest BCUT2D eigenvalue weighted by Crippen LogP contribution is 2.58. The third-order valence-corrected chi connectivity index (χ3v) is 7.83. The van der Waals surface area contributed by atoms with Crippen molar-refractivity contribution in [1.82, 2.24) is 10.6 Å². The fourth-order valence-corrected chi connectivity index (χ4v) is 6.49. The first-order valence-corrected chi connectivity index (χ1v) is 10.7. The number of methoxy groups -OCH3 is 1. The molecule has 152 valence electrons. The van der Waals surface area contributed by atoms with E-state index in [0.29, 0.717) is 24.8 Å². The number of fused-ring (bicyclic) bond motifs is 5. The van der Waals surface area contributed by atoms with Crippen molar-refractivity contribution in [2.45, 2.75) is 78.4 Å². The number of carbonyl (C=O) groups excluding carboxylic acids is 2. The summed E-state index contributed by atoms with van der Waals surface area (Å²) in [6.07, 6.45) is 7.61. The fraction of sp³-hybridized carbons (Fsp3) is 0.818. The van der Waals surface area contributed by atoms with Crippen molar-refractivity contribution in [1.29, 1.82) is 0 Å². The molecule has 6 atom stereocenters. The molecule has 2 saturated carbocycles. The summed E-state index contributed by atoms with van der Waals surface area (Å²) in [4.78, 5) is 24.8. The molecule has 3 fully saturated rings. The van der Waals surface area contributed by atoms with Gasteiger partial charge in [0.05, 0.1) is 6.10 Å². The van der Waals surface area contributed by atoms with E-state index in [1.807, 2.05) is 13.8 Å². The van der Waals surface area contributed by atoms with E-state index in [2.05, 4.69) is 24.5 Å². The normalized spacial score (nSPS) is 43.4. The summed E-state index contributed by atoms with van der Waals surface area (Å²) in [6, 6.07) is 0.120. The second-order valence-electron chi connectivity index (χ2n) is 8.97. The van der Waals surface area contributed by atoms with Crippen molar-refractivity contribution in [2.24, 2.45) is 22.7 Å². The maximum absolute atomic E-state index is 12.8. The van der Waals surface area contributed by atoms with E-state index in [0.717, 1.165) is 32.1 Å². The van der Waals surface area contributed by atoms with Crippen molar-refractivity contribution < 1.29 is 14.3 Å². The average Bonchev–Trinajstić information content (AvgIpc) is 2.79. The van der Waals surface area contributed by atoms with Gasteiger partial charge in [0, 0.05) is 43.0 Å². The zero-order chi connectivity index (χ0) is 19.8. The van der Waals surface area contributed by atoms with Gasteiger partial charge in [-0.3, -0.25) is 9.59 Å². The van der Waals surface area contributed by atoms with E-state index < -0.39 is 0 Å². The molecule has 0 bridgehead atoms. The van der Waals surface area contributed by atoms with E-state index in [4.69, 9.17) is 4.74 Å². The highest BCUT2D eigenvalue weighted by molar-refractivity contribution is 5.89. The Hall–Kier alpha value is -1.36. The highest BCUT2D eigenvalue weighted by Gasteiger charge is 2.58. The summed E-state index contributed by atoms with van der Waals surface area (Å²) in [5.74, 6) is 1.14. The molecule has 1 saturated heterocycles. The van der Waals surface area contributed by atoms with E-state index in [1.54, 1.807) is 13.2 Å². The van der Waals surface area contributed by atoms with Crippen LogP contribution in [0.15, 0.2) is 11.6 Å². The Morgan fingerprint density at radius 1 is 1.15 bits per heavy atom. The van der Waals surface area contributed by atoms with Crippen molar-refractivity contribution in [3.05, 3.63) is 11.6 Å². The molecule has 2 N–H and O–H groups in total. The predicted octanol–water partition coefficient (Wildman–Crippen LogP) is 3.20. The zero-order valence-corrected chi connectivity index (χ0v) is 17.6. The van der Waals surface area contributed by atoms with Crippen LogP contribution in [0.5, 0.6) is 0 Å². The number of hydrogen-bond donors (Lipinski definition) is 2. The van der Waals surface area contributed by atoms with Gasteiger partial charge in [-0.25, -0.2) is 0 Å². The highest BCUT2D eigenvalue weighted by atomic mass is 16.5. The third-order valence-electron chi connectivity index (χ3n) is 7.83. The minimum Gasteiger partial charge on any atom is -0.381 e. The summed E-state index contributed by atoms with van der Waals surface area (Å²) in [7, 11) is 1.78. The Morgan fingerprint density at radius 3 is 2.59 bits per heavy atom. The summed E-state index contributed by atoms with van der Waals surface area (Å²) < 4.78 is 5.79. The lowest BCUT2D eigenvalue weighted by Crippen LogP contribution is -2.54. The van der Waals surface area contributed by atoms with Gasteiger partial charge >= 0.3 is 0 Å². The number of amides is 2. The lowest BCUT2D eigenvalue weighted by Gasteiger charge is -2.50. The predicted molar refractivity (Wildman–Crippen MR) is 106 cm³/mol. The third kappa shape index (κ3) is 3.22. The fourth-order valence-electron chi connectivity index (χ4n) is 6.49. The van der Waals surface area contributed by atoms with Crippen LogP contribution in [-0.2, 0) is 14.3 Å². The number of ether oxygens (including phenoxy) is 1. The zero-order valence-electron chi connectivity index (χ0n) is 17.6. The SMILES string of the molecule is CC.COC1CC[C@H]2C3CCC4=CC(=O)NCCC4(C)[C@H]3NC(=O)CC12C. The van der Waals surface area contributed by atoms with Gasteiger partial charge in [-0.2, -0.15) is 0 Å². The van der Waals surface area contributed by atoms with E-state index >= 15 is 0 Å². The van der Waals surface area contributed by atoms with E-state index in [-0.39, 0.29) is 34.8 Å². The molecule has 27 heavy (non-hydrogen) atoms. The van der Waals surface area contributed by atoms with Crippen LogP contribution in [-0.4, -0.2) is 37.6 Å². The van der Waals surface area contributed by atoms with Gasteiger partial charge in [0.25, 0.3) is 0 Å². The quantitative estimate of drug-likeness (QED) is 0.738. The molecular weight excluding hydrogens is 340 g/mol. The van der Waals surface area contributed by atoms with Gasteiger partial charge in [-0.1, -0.05) is 33.3 Å². The minimum absolute atomic E-state index is 0.0160. The molecule has 0 aromatic rings. The van der Waals surface area contributed by atoms with Gasteiger partial charge in [-0.15, -0.1) is 0 Å². The van der Waals surface area contributed by atoms with Crippen LogP contribution in [0.2, 0.25) is 0 Å². The topological polar surface area (TPSA) is 67.4 Å². The average molecular weight is 377 g/mol. The van der Waals surface area contributed by atoms with E-state index in [1.165, 1.54) is 5.57 Å². The summed E-state index contributed by atoms with van der Waals surface area (Å²) in [5.41, 5.74) is 1.01. The van der Waals surface area contributed by atoms with Crippen LogP contribution < -0.4 is 10.6 Å². The molecule has 2 amide bonds. The van der Waals surface area contributed by atoms with E-state index in [9.17, 15) is 9.59 Å². The van der Waals surface area contributed by atoms with Crippen LogP contribution >= 0.6 is 0 Å². The van der Waals surface area contributed by atoms with Gasteiger partial charge in [0.15, 0.2) is 0 Å². The Kier molecular flexibility index (Phi) is 5.72.